The molecule has 204 valence electrons. The fourth-order valence-corrected chi connectivity index (χ4v) is 7.00. The molecule has 5 aromatic rings. The zero-order chi connectivity index (χ0) is 28.8. The Labute approximate surface area is 245 Å². The molecule has 0 aromatic heterocycles. The largest absolute Gasteiger partial charge is 0.481 e. The number of benzene rings is 5. The van der Waals surface area contributed by atoms with Gasteiger partial charge in [-0.05, 0) is 86.0 Å². The Morgan fingerprint density at radius 3 is 1.88 bits per heavy atom. The molecule has 0 atom stereocenters. The number of hydrogen-bond acceptors (Lipinski definition) is 3. The Morgan fingerprint density at radius 1 is 0.707 bits per heavy atom. The molecule has 0 radical (unpaired) electrons. The first-order valence-electron chi connectivity index (χ1n) is 13.6. The molecule has 0 N–H and O–H groups in total. The smallest absolute Gasteiger partial charge is 0.345 e. The van der Waals surface area contributed by atoms with Gasteiger partial charge in [0, 0.05) is 17.7 Å². The lowest BCUT2D eigenvalue weighted by atomic mass is 10.1. The average Bonchev–Trinajstić information content (AvgIpc) is 2.97. The van der Waals surface area contributed by atoms with Gasteiger partial charge in [0.05, 0.1) is 10.9 Å². The molecule has 0 spiro atoms. The zero-order valence-corrected chi connectivity index (χ0v) is 24.6. The van der Waals surface area contributed by atoms with Crippen LogP contribution in [0.1, 0.15) is 30.5 Å². The van der Waals surface area contributed by atoms with Gasteiger partial charge in [-0.3, -0.25) is 0 Å². The second-order valence-electron chi connectivity index (χ2n) is 10.4. The van der Waals surface area contributed by atoms with E-state index in [4.69, 9.17) is 9.47 Å². The minimum atomic E-state index is -0.959. The molecule has 0 saturated carbocycles. The molecule has 0 aliphatic heterocycles. The highest BCUT2D eigenvalue weighted by Gasteiger charge is 2.30. The topological polar surface area (TPSA) is 35.5 Å². The third-order valence-corrected chi connectivity index (χ3v) is 8.78. The van der Waals surface area contributed by atoms with Crippen LogP contribution in [-0.4, -0.2) is 18.2 Å². The van der Waals surface area contributed by atoms with Crippen molar-refractivity contribution >= 4 is 27.6 Å². The molecule has 5 rings (SSSR count). The SMILES string of the molecule is Cc1cc([S+](c2ccccc2)c2ccccc2)cc(C)c1OCC(=O)OC(C)(C)C#Cc1ccc2ccccc2c1. The lowest BCUT2D eigenvalue weighted by Crippen LogP contribution is -2.29. The molecule has 3 nitrogen and oxygen atoms in total. The highest BCUT2D eigenvalue weighted by Crippen LogP contribution is 2.35. The highest BCUT2D eigenvalue weighted by molar-refractivity contribution is 7.97. The summed E-state index contributed by atoms with van der Waals surface area (Å²) in [5.41, 5.74) is 1.88. The number of fused-ring (bicyclic) bond motifs is 1. The van der Waals surface area contributed by atoms with Crippen LogP contribution in [0.5, 0.6) is 5.75 Å². The lowest BCUT2D eigenvalue weighted by Gasteiger charge is -2.20. The van der Waals surface area contributed by atoms with E-state index in [9.17, 15) is 4.79 Å². The maximum Gasteiger partial charge on any atom is 0.345 e. The maximum atomic E-state index is 12.8. The number of rotatable bonds is 7. The van der Waals surface area contributed by atoms with E-state index in [2.05, 4.69) is 84.6 Å². The average molecular weight is 558 g/mol. The van der Waals surface area contributed by atoms with Crippen LogP contribution >= 0.6 is 0 Å². The second-order valence-corrected chi connectivity index (χ2v) is 12.4. The molecular formula is C37H33O3S+. The number of aryl methyl sites for hydroxylation is 2. The van der Waals surface area contributed by atoms with E-state index in [1.807, 2.05) is 56.3 Å². The van der Waals surface area contributed by atoms with Crippen LogP contribution in [0.25, 0.3) is 10.8 Å². The molecule has 0 bridgehead atoms. The monoisotopic (exact) mass is 557 g/mol. The number of hydrogen-bond donors (Lipinski definition) is 0. The van der Waals surface area contributed by atoms with Crippen LogP contribution in [-0.2, 0) is 20.4 Å². The van der Waals surface area contributed by atoms with E-state index in [0.29, 0.717) is 5.75 Å². The minimum Gasteiger partial charge on any atom is -0.481 e. The van der Waals surface area contributed by atoms with Crippen molar-refractivity contribution < 1.29 is 14.3 Å². The molecule has 4 heteroatoms. The Hall–Kier alpha value is -4.46. The third-order valence-electron chi connectivity index (χ3n) is 6.59. The summed E-state index contributed by atoms with van der Waals surface area (Å²) in [5, 5.41) is 2.29. The van der Waals surface area contributed by atoms with Crippen LogP contribution in [0.2, 0.25) is 0 Å². The van der Waals surface area contributed by atoms with Gasteiger partial charge in [-0.15, -0.1) is 0 Å². The first-order chi connectivity index (χ1) is 19.8. The summed E-state index contributed by atoms with van der Waals surface area (Å²) in [6.45, 7) is 7.43. The van der Waals surface area contributed by atoms with Gasteiger partial charge in [-0.2, -0.15) is 0 Å². The van der Waals surface area contributed by atoms with Crippen LogP contribution in [0.4, 0.5) is 0 Å². The highest BCUT2D eigenvalue weighted by atomic mass is 32.2. The lowest BCUT2D eigenvalue weighted by molar-refractivity contribution is -0.154. The summed E-state index contributed by atoms with van der Waals surface area (Å²) in [6.07, 6.45) is 0. The van der Waals surface area contributed by atoms with Crippen LogP contribution in [0.3, 0.4) is 0 Å². The molecule has 0 fully saturated rings. The van der Waals surface area contributed by atoms with Gasteiger partial charge in [0.2, 0.25) is 0 Å². The number of carbonyl (C=O) groups is 1. The summed E-state index contributed by atoms with van der Waals surface area (Å²) < 4.78 is 11.7. The van der Waals surface area contributed by atoms with Crippen molar-refractivity contribution in [2.45, 2.75) is 48.0 Å². The van der Waals surface area contributed by atoms with Crippen molar-refractivity contribution in [1.82, 2.24) is 0 Å². The summed E-state index contributed by atoms with van der Waals surface area (Å²) in [6, 6.07) is 39.6. The van der Waals surface area contributed by atoms with Gasteiger partial charge in [-0.1, -0.05) is 78.6 Å². The van der Waals surface area contributed by atoms with Gasteiger partial charge in [-0.25, -0.2) is 4.79 Å². The van der Waals surface area contributed by atoms with Crippen molar-refractivity contribution in [1.29, 1.82) is 0 Å². The van der Waals surface area contributed by atoms with E-state index in [-0.39, 0.29) is 17.5 Å². The molecule has 0 saturated heterocycles. The summed E-state index contributed by atoms with van der Waals surface area (Å²) in [4.78, 5) is 16.5. The molecule has 0 aliphatic carbocycles. The number of carbonyl (C=O) groups excluding carboxylic acids is 1. The fourth-order valence-electron chi connectivity index (χ4n) is 4.74. The van der Waals surface area contributed by atoms with Crippen molar-refractivity contribution in [3.63, 3.8) is 0 Å². The van der Waals surface area contributed by atoms with E-state index < -0.39 is 11.6 Å². The van der Waals surface area contributed by atoms with Gasteiger partial charge in [0.1, 0.15) is 5.75 Å². The van der Waals surface area contributed by atoms with E-state index in [1.165, 1.54) is 14.7 Å². The molecule has 41 heavy (non-hydrogen) atoms. The third kappa shape index (κ3) is 7.01. The molecule has 0 unspecified atom stereocenters. The first-order valence-corrected chi connectivity index (χ1v) is 14.8. The Balaban J connectivity index is 1.28. The standard InChI is InChI=1S/C37H33O3S/c1-27-23-34(41(32-15-7-5-8-16-32)33-17-9-6-10-18-33)24-28(2)36(27)39-26-35(38)40-37(3,4)22-21-29-19-20-30-13-11-12-14-31(30)25-29/h5-20,23-25H,26H2,1-4H3/q+1. The Kier molecular flexibility index (Phi) is 8.47. The maximum absolute atomic E-state index is 12.8. The summed E-state index contributed by atoms with van der Waals surface area (Å²) in [5.74, 6) is 6.49. The van der Waals surface area contributed by atoms with Crippen molar-refractivity contribution in [3.05, 3.63) is 132 Å². The quantitative estimate of drug-likeness (QED) is 0.115. The van der Waals surface area contributed by atoms with Gasteiger partial charge < -0.3 is 9.47 Å². The van der Waals surface area contributed by atoms with E-state index in [0.717, 1.165) is 27.5 Å². The summed E-state index contributed by atoms with van der Waals surface area (Å²) >= 11 is 0. The zero-order valence-electron chi connectivity index (χ0n) is 23.8. The molecule has 0 aliphatic rings. The van der Waals surface area contributed by atoms with Crippen molar-refractivity contribution in [3.8, 4) is 17.6 Å². The minimum absolute atomic E-state index is 0.189. The van der Waals surface area contributed by atoms with Crippen LogP contribution in [0.15, 0.2) is 130 Å². The van der Waals surface area contributed by atoms with Gasteiger partial charge in [0.15, 0.2) is 26.9 Å². The first kappa shape index (κ1) is 28.1. The molecule has 0 heterocycles. The van der Waals surface area contributed by atoms with Gasteiger partial charge in [0.25, 0.3) is 0 Å². The van der Waals surface area contributed by atoms with Crippen molar-refractivity contribution in [2.75, 3.05) is 6.61 Å². The second kappa shape index (κ2) is 12.4. The van der Waals surface area contributed by atoms with E-state index >= 15 is 0 Å². The molecule has 0 amide bonds. The normalized spacial score (nSPS) is 11.1. The Morgan fingerprint density at radius 2 is 1.27 bits per heavy atom. The van der Waals surface area contributed by atoms with Gasteiger partial charge >= 0.3 is 5.97 Å². The fraction of sp³-hybridized carbons (Fsp3) is 0.162. The predicted octanol–water partition coefficient (Wildman–Crippen LogP) is 8.30. The summed E-state index contributed by atoms with van der Waals surface area (Å²) in [7, 11) is -0.258. The van der Waals surface area contributed by atoms with E-state index in [1.54, 1.807) is 13.8 Å². The van der Waals surface area contributed by atoms with Crippen LogP contribution < -0.4 is 4.74 Å². The number of esters is 1. The van der Waals surface area contributed by atoms with Crippen LogP contribution in [0, 0.1) is 25.7 Å². The van der Waals surface area contributed by atoms with Crippen molar-refractivity contribution in [2.24, 2.45) is 0 Å². The molecule has 5 aromatic carbocycles. The number of ether oxygens (including phenoxy) is 2. The molecular weight excluding hydrogens is 524 g/mol. The predicted molar refractivity (Wildman–Crippen MR) is 167 cm³/mol. The Bertz CT molecular complexity index is 1670.